The topological polar surface area (TPSA) is 63.1 Å². The number of benzene rings is 1. The Morgan fingerprint density at radius 2 is 2.17 bits per heavy atom. The molecule has 0 spiro atoms. The number of carbonyl (C=O) groups is 1. The smallest absolute Gasteiger partial charge is 0.151 e. The molecule has 0 unspecified atom stereocenters. The van der Waals surface area contributed by atoms with E-state index in [0.717, 1.165) is 47.9 Å². The number of aryl methyl sites for hydroxylation is 2. The standard InChI is InChI=1S/C17H19N5O/c1-11-8-21(2)16-7-15-14(6-13(11)16)17(19-10-18-15)20-22-5-3-4-12(22)9-23/h6-10,12H,3-5H2,1-2H3,(H,18,19,20)/t12-/m0/s1. The molecule has 1 aromatic carbocycles. The number of carbonyl (C=O) groups excluding carboxylic acids is 1. The van der Waals surface area contributed by atoms with E-state index in [1.54, 1.807) is 6.33 Å². The molecule has 1 atom stereocenters. The van der Waals surface area contributed by atoms with E-state index >= 15 is 0 Å². The summed E-state index contributed by atoms with van der Waals surface area (Å²) in [6, 6.07) is 4.14. The molecule has 0 radical (unpaired) electrons. The molecule has 2 aromatic heterocycles. The number of hydrazine groups is 1. The third kappa shape index (κ3) is 2.26. The van der Waals surface area contributed by atoms with Gasteiger partial charge >= 0.3 is 0 Å². The first-order valence-electron chi connectivity index (χ1n) is 7.86. The van der Waals surface area contributed by atoms with Crippen LogP contribution in [0, 0.1) is 6.92 Å². The zero-order chi connectivity index (χ0) is 16.0. The van der Waals surface area contributed by atoms with Crippen LogP contribution in [0.2, 0.25) is 0 Å². The van der Waals surface area contributed by atoms with Gasteiger partial charge in [0.05, 0.1) is 17.1 Å². The molecule has 3 aromatic rings. The summed E-state index contributed by atoms with van der Waals surface area (Å²) >= 11 is 0. The molecule has 118 valence electrons. The molecule has 0 bridgehead atoms. The van der Waals surface area contributed by atoms with E-state index < -0.39 is 0 Å². The van der Waals surface area contributed by atoms with Crippen molar-refractivity contribution in [1.29, 1.82) is 0 Å². The van der Waals surface area contributed by atoms with Gasteiger partial charge in [-0.1, -0.05) is 0 Å². The lowest BCUT2D eigenvalue weighted by atomic mass is 10.1. The monoisotopic (exact) mass is 309 g/mol. The third-order valence-corrected chi connectivity index (χ3v) is 4.65. The van der Waals surface area contributed by atoms with Crippen LogP contribution in [0.1, 0.15) is 18.4 Å². The molecule has 1 saturated heterocycles. The average molecular weight is 309 g/mol. The number of hydrogen-bond acceptors (Lipinski definition) is 5. The Hall–Kier alpha value is -2.47. The first-order chi connectivity index (χ1) is 11.2. The van der Waals surface area contributed by atoms with Crippen LogP contribution in [0.15, 0.2) is 24.7 Å². The van der Waals surface area contributed by atoms with Gasteiger partial charge in [-0.25, -0.2) is 15.0 Å². The van der Waals surface area contributed by atoms with Gasteiger partial charge in [-0.3, -0.25) is 0 Å². The Morgan fingerprint density at radius 3 is 3.00 bits per heavy atom. The van der Waals surface area contributed by atoms with Crippen LogP contribution < -0.4 is 5.43 Å². The van der Waals surface area contributed by atoms with Gasteiger partial charge in [0.1, 0.15) is 12.6 Å². The summed E-state index contributed by atoms with van der Waals surface area (Å²) in [5.41, 5.74) is 6.61. The quantitative estimate of drug-likeness (QED) is 0.753. The van der Waals surface area contributed by atoms with Gasteiger partial charge in [-0.05, 0) is 37.5 Å². The van der Waals surface area contributed by atoms with Crippen LogP contribution in [0.25, 0.3) is 21.8 Å². The van der Waals surface area contributed by atoms with Crippen LogP contribution in [-0.2, 0) is 11.8 Å². The number of aromatic nitrogens is 3. The summed E-state index contributed by atoms with van der Waals surface area (Å²) < 4.78 is 2.11. The lowest BCUT2D eigenvalue weighted by Crippen LogP contribution is -2.36. The molecule has 0 aliphatic carbocycles. The average Bonchev–Trinajstić information content (AvgIpc) is 3.11. The van der Waals surface area contributed by atoms with E-state index in [9.17, 15) is 4.79 Å². The molecule has 1 aliphatic heterocycles. The number of nitrogens with zero attached hydrogens (tertiary/aromatic N) is 4. The van der Waals surface area contributed by atoms with Crippen LogP contribution in [0.5, 0.6) is 0 Å². The second-order valence-electron chi connectivity index (χ2n) is 6.18. The van der Waals surface area contributed by atoms with Gasteiger partial charge in [0.15, 0.2) is 5.82 Å². The van der Waals surface area contributed by atoms with Crippen molar-refractivity contribution in [3.8, 4) is 0 Å². The predicted molar refractivity (Wildman–Crippen MR) is 90.2 cm³/mol. The first kappa shape index (κ1) is 14.1. The van der Waals surface area contributed by atoms with E-state index in [2.05, 4.69) is 45.2 Å². The minimum atomic E-state index is -0.0813. The predicted octanol–water partition coefficient (Wildman–Crippen LogP) is 2.42. The van der Waals surface area contributed by atoms with E-state index in [1.165, 1.54) is 10.9 Å². The second-order valence-corrected chi connectivity index (χ2v) is 6.18. The van der Waals surface area contributed by atoms with Gasteiger partial charge < -0.3 is 14.8 Å². The summed E-state index contributed by atoms with van der Waals surface area (Å²) in [6.45, 7) is 2.95. The highest BCUT2D eigenvalue weighted by molar-refractivity contribution is 6.01. The lowest BCUT2D eigenvalue weighted by Gasteiger charge is -2.22. The number of fused-ring (bicyclic) bond motifs is 2. The van der Waals surface area contributed by atoms with Crippen LogP contribution in [0.4, 0.5) is 5.82 Å². The van der Waals surface area contributed by atoms with Crippen molar-refractivity contribution in [3.05, 3.63) is 30.2 Å². The molecule has 4 rings (SSSR count). The van der Waals surface area contributed by atoms with Crippen molar-refractivity contribution >= 4 is 33.9 Å². The van der Waals surface area contributed by atoms with Gasteiger partial charge in [-0.2, -0.15) is 0 Å². The Morgan fingerprint density at radius 1 is 1.30 bits per heavy atom. The highest BCUT2D eigenvalue weighted by Gasteiger charge is 2.24. The summed E-state index contributed by atoms with van der Waals surface area (Å²) in [7, 11) is 2.04. The second kappa shape index (κ2) is 5.31. The molecule has 0 saturated carbocycles. The minimum absolute atomic E-state index is 0.0813. The number of nitrogens with one attached hydrogen (secondary N) is 1. The van der Waals surface area contributed by atoms with E-state index in [-0.39, 0.29) is 6.04 Å². The van der Waals surface area contributed by atoms with E-state index in [0.29, 0.717) is 0 Å². The molecule has 1 fully saturated rings. The normalized spacial score (nSPS) is 18.8. The number of rotatable bonds is 3. The minimum Gasteiger partial charge on any atom is -0.350 e. The molecular weight excluding hydrogens is 290 g/mol. The third-order valence-electron chi connectivity index (χ3n) is 4.65. The molecule has 0 amide bonds. The lowest BCUT2D eigenvalue weighted by molar-refractivity contribution is -0.111. The molecule has 6 nitrogen and oxygen atoms in total. The molecule has 1 aliphatic rings. The summed E-state index contributed by atoms with van der Waals surface area (Å²) in [4.78, 5) is 20.0. The molecule has 3 heterocycles. The fourth-order valence-corrected chi connectivity index (χ4v) is 3.43. The molecular formula is C17H19N5O. The maximum Gasteiger partial charge on any atom is 0.151 e. The van der Waals surface area contributed by atoms with Crippen molar-refractivity contribution in [2.75, 3.05) is 12.0 Å². The van der Waals surface area contributed by atoms with Crippen molar-refractivity contribution in [1.82, 2.24) is 19.5 Å². The SMILES string of the molecule is Cc1cn(C)c2cc3ncnc(NN4CCC[C@H]4C=O)c3cc12. The number of aldehydes is 1. The highest BCUT2D eigenvalue weighted by atomic mass is 16.1. The maximum absolute atomic E-state index is 11.2. The summed E-state index contributed by atoms with van der Waals surface area (Å²) in [5.74, 6) is 0.758. The van der Waals surface area contributed by atoms with Crippen molar-refractivity contribution in [3.63, 3.8) is 0 Å². The fraction of sp³-hybridized carbons (Fsp3) is 0.353. The van der Waals surface area contributed by atoms with Crippen LogP contribution in [-0.4, -0.2) is 38.4 Å². The fourth-order valence-electron chi connectivity index (χ4n) is 3.43. The maximum atomic E-state index is 11.2. The summed E-state index contributed by atoms with van der Waals surface area (Å²) in [5, 5.41) is 4.15. The van der Waals surface area contributed by atoms with Gasteiger partial charge in [0.2, 0.25) is 0 Å². The van der Waals surface area contributed by atoms with Crippen molar-refractivity contribution in [2.24, 2.45) is 7.05 Å². The Kier molecular flexibility index (Phi) is 3.27. The largest absolute Gasteiger partial charge is 0.350 e. The molecule has 1 N–H and O–H groups in total. The zero-order valence-electron chi connectivity index (χ0n) is 13.3. The van der Waals surface area contributed by atoms with Gasteiger partial charge in [0.25, 0.3) is 0 Å². The molecule has 6 heteroatoms. The number of anilines is 1. The first-order valence-corrected chi connectivity index (χ1v) is 7.86. The Bertz CT molecular complexity index is 901. The summed E-state index contributed by atoms with van der Waals surface area (Å²) in [6.07, 6.45) is 6.59. The van der Waals surface area contributed by atoms with Crippen LogP contribution >= 0.6 is 0 Å². The Balaban J connectivity index is 1.83. The van der Waals surface area contributed by atoms with Crippen LogP contribution in [0.3, 0.4) is 0 Å². The van der Waals surface area contributed by atoms with Crippen molar-refractivity contribution in [2.45, 2.75) is 25.8 Å². The number of hydrogen-bond donors (Lipinski definition) is 1. The zero-order valence-corrected chi connectivity index (χ0v) is 13.3. The van der Waals surface area contributed by atoms with E-state index in [4.69, 9.17) is 0 Å². The van der Waals surface area contributed by atoms with Gasteiger partial charge in [-0.15, -0.1) is 0 Å². The van der Waals surface area contributed by atoms with E-state index in [1.807, 2.05) is 12.1 Å². The van der Waals surface area contributed by atoms with Gasteiger partial charge in [0, 0.05) is 30.6 Å². The highest BCUT2D eigenvalue weighted by Crippen LogP contribution is 2.29. The molecule has 23 heavy (non-hydrogen) atoms. The Labute approximate surface area is 134 Å². The van der Waals surface area contributed by atoms with Crippen molar-refractivity contribution < 1.29 is 4.79 Å².